The smallest absolute Gasteiger partial charge is 0.0610 e. The van der Waals surface area contributed by atoms with Crippen molar-refractivity contribution in [2.24, 2.45) is 5.92 Å². The van der Waals surface area contributed by atoms with Crippen LogP contribution in [0.3, 0.4) is 0 Å². The molecule has 108 valence electrons. The third-order valence-electron chi connectivity index (χ3n) is 3.91. The van der Waals surface area contributed by atoms with Crippen LogP contribution in [0.2, 0.25) is 0 Å². The van der Waals surface area contributed by atoms with Crippen LogP contribution in [0.15, 0.2) is 0 Å². The second kappa shape index (κ2) is 8.13. The van der Waals surface area contributed by atoms with Crippen LogP contribution in [-0.4, -0.2) is 48.3 Å². The maximum atomic E-state index is 9.46. The predicted octanol–water partition coefficient (Wildman–Crippen LogP) is 2.25. The molecule has 2 N–H and O–H groups in total. The Bertz CT molecular complexity index is 219. The van der Waals surface area contributed by atoms with Crippen LogP contribution in [0.5, 0.6) is 0 Å². The van der Waals surface area contributed by atoms with E-state index >= 15 is 0 Å². The molecular weight excluding hydrogens is 224 g/mol. The van der Waals surface area contributed by atoms with E-state index in [-0.39, 0.29) is 12.1 Å². The molecule has 3 nitrogen and oxygen atoms in total. The van der Waals surface area contributed by atoms with Crippen LogP contribution < -0.4 is 5.32 Å². The molecule has 3 heteroatoms. The van der Waals surface area contributed by atoms with Gasteiger partial charge in [0.2, 0.25) is 0 Å². The lowest BCUT2D eigenvalue weighted by Gasteiger charge is -2.30. The molecule has 1 aliphatic carbocycles. The van der Waals surface area contributed by atoms with E-state index in [1.54, 1.807) is 0 Å². The second-order valence-corrected chi connectivity index (χ2v) is 6.10. The van der Waals surface area contributed by atoms with Gasteiger partial charge in [-0.05, 0) is 64.6 Å². The molecule has 0 heterocycles. The van der Waals surface area contributed by atoms with Gasteiger partial charge in [0.05, 0.1) is 6.61 Å². The topological polar surface area (TPSA) is 35.5 Å². The third kappa shape index (κ3) is 6.17. The molecule has 1 rings (SSSR count). The van der Waals surface area contributed by atoms with E-state index in [0.717, 1.165) is 18.9 Å². The highest BCUT2D eigenvalue weighted by Gasteiger charge is 2.25. The van der Waals surface area contributed by atoms with E-state index < -0.39 is 0 Å². The van der Waals surface area contributed by atoms with E-state index in [9.17, 15) is 5.11 Å². The first kappa shape index (κ1) is 15.9. The van der Waals surface area contributed by atoms with Crippen molar-refractivity contribution in [1.29, 1.82) is 0 Å². The van der Waals surface area contributed by atoms with Crippen LogP contribution in [0.1, 0.15) is 52.9 Å². The average Bonchev–Trinajstić information content (AvgIpc) is 3.13. The summed E-state index contributed by atoms with van der Waals surface area (Å²) in [6.45, 7) is 11.4. The number of nitrogens with zero attached hydrogens (tertiary/aromatic N) is 1. The summed E-state index contributed by atoms with van der Waals surface area (Å²) in [4.78, 5) is 2.61. The number of aliphatic hydroxyl groups is 1. The molecule has 0 aromatic rings. The Labute approximate surface area is 113 Å². The van der Waals surface area contributed by atoms with E-state index in [2.05, 4.69) is 31.0 Å². The second-order valence-electron chi connectivity index (χ2n) is 6.10. The molecule has 0 saturated heterocycles. The minimum Gasteiger partial charge on any atom is -0.394 e. The van der Waals surface area contributed by atoms with Gasteiger partial charge in [0, 0.05) is 12.1 Å². The summed E-state index contributed by atoms with van der Waals surface area (Å²) in [5, 5.41) is 12.9. The molecule has 0 aromatic heterocycles. The highest BCUT2D eigenvalue weighted by molar-refractivity contribution is 4.83. The zero-order chi connectivity index (χ0) is 13.4. The molecule has 0 radical (unpaired) electrons. The largest absolute Gasteiger partial charge is 0.394 e. The van der Waals surface area contributed by atoms with Crippen molar-refractivity contribution in [3.63, 3.8) is 0 Å². The van der Waals surface area contributed by atoms with Gasteiger partial charge in [0.15, 0.2) is 0 Å². The third-order valence-corrected chi connectivity index (χ3v) is 3.91. The van der Waals surface area contributed by atoms with Crippen molar-refractivity contribution < 1.29 is 5.11 Å². The van der Waals surface area contributed by atoms with Crippen molar-refractivity contribution in [2.45, 2.75) is 58.4 Å². The quantitative estimate of drug-likeness (QED) is 0.595. The van der Waals surface area contributed by atoms with Crippen molar-refractivity contribution in [3.8, 4) is 0 Å². The van der Waals surface area contributed by atoms with Gasteiger partial charge in [-0.25, -0.2) is 0 Å². The van der Waals surface area contributed by atoms with Crippen LogP contribution in [-0.2, 0) is 0 Å². The lowest BCUT2D eigenvalue weighted by Crippen LogP contribution is -2.46. The highest BCUT2D eigenvalue weighted by atomic mass is 16.3. The Morgan fingerprint density at radius 1 is 1.28 bits per heavy atom. The molecule has 0 aliphatic heterocycles. The summed E-state index contributed by atoms with van der Waals surface area (Å²) >= 11 is 0. The Kier molecular flexibility index (Phi) is 7.20. The molecule has 0 spiro atoms. The summed E-state index contributed by atoms with van der Waals surface area (Å²) in [5.41, 5.74) is -0.0911. The molecule has 1 aliphatic rings. The van der Waals surface area contributed by atoms with Gasteiger partial charge in [-0.3, -0.25) is 0 Å². The van der Waals surface area contributed by atoms with E-state index in [1.807, 2.05) is 0 Å². The fourth-order valence-electron chi connectivity index (χ4n) is 2.62. The zero-order valence-corrected chi connectivity index (χ0v) is 12.5. The summed E-state index contributed by atoms with van der Waals surface area (Å²) in [6.07, 6.45) is 6.36. The summed E-state index contributed by atoms with van der Waals surface area (Å²) in [5.74, 6) is 0.981. The van der Waals surface area contributed by atoms with Gasteiger partial charge >= 0.3 is 0 Å². The van der Waals surface area contributed by atoms with Crippen LogP contribution in [0, 0.1) is 5.92 Å². The first-order valence-electron chi connectivity index (χ1n) is 7.71. The Balaban J connectivity index is 2.22. The van der Waals surface area contributed by atoms with Crippen molar-refractivity contribution in [3.05, 3.63) is 0 Å². The van der Waals surface area contributed by atoms with E-state index in [1.165, 1.54) is 45.3 Å². The number of nitrogens with one attached hydrogen (secondary N) is 1. The van der Waals surface area contributed by atoms with Crippen LogP contribution in [0.4, 0.5) is 0 Å². The first-order chi connectivity index (χ1) is 8.63. The predicted molar refractivity (Wildman–Crippen MR) is 77.9 cm³/mol. The monoisotopic (exact) mass is 256 g/mol. The number of likely N-dealkylation sites (N-methyl/N-ethyl adjacent to an activating group) is 1. The molecule has 0 amide bonds. The van der Waals surface area contributed by atoms with E-state index in [0.29, 0.717) is 0 Å². The lowest BCUT2D eigenvalue weighted by molar-refractivity contribution is 0.157. The van der Waals surface area contributed by atoms with Gasteiger partial charge in [-0.15, -0.1) is 0 Å². The SMILES string of the molecule is CCCN(CCCC(C)(CO)NCC)CC1CC1. The molecular formula is C15H32N2O. The van der Waals surface area contributed by atoms with Gasteiger partial charge in [0.1, 0.15) is 0 Å². The molecule has 1 unspecified atom stereocenters. The molecule has 0 bridgehead atoms. The maximum Gasteiger partial charge on any atom is 0.0610 e. The molecule has 0 aromatic carbocycles. The number of hydrogen-bond acceptors (Lipinski definition) is 3. The number of hydrogen-bond donors (Lipinski definition) is 2. The average molecular weight is 256 g/mol. The van der Waals surface area contributed by atoms with Gasteiger partial charge in [0.25, 0.3) is 0 Å². The Morgan fingerprint density at radius 2 is 2.00 bits per heavy atom. The minimum absolute atomic E-state index is 0.0911. The molecule has 18 heavy (non-hydrogen) atoms. The fourth-order valence-corrected chi connectivity index (χ4v) is 2.62. The molecule has 1 fully saturated rings. The normalized spacial score (nSPS) is 19.2. The van der Waals surface area contributed by atoms with Crippen molar-refractivity contribution >= 4 is 0 Å². The lowest BCUT2D eigenvalue weighted by atomic mass is 9.96. The molecule has 1 saturated carbocycles. The van der Waals surface area contributed by atoms with Crippen molar-refractivity contribution in [1.82, 2.24) is 10.2 Å². The zero-order valence-electron chi connectivity index (χ0n) is 12.5. The summed E-state index contributed by atoms with van der Waals surface area (Å²) < 4.78 is 0. The van der Waals surface area contributed by atoms with Gasteiger partial charge < -0.3 is 15.3 Å². The Morgan fingerprint density at radius 3 is 2.50 bits per heavy atom. The fraction of sp³-hybridized carbons (Fsp3) is 1.00. The minimum atomic E-state index is -0.0911. The summed E-state index contributed by atoms with van der Waals surface area (Å²) in [7, 11) is 0. The maximum absolute atomic E-state index is 9.46. The van der Waals surface area contributed by atoms with E-state index in [4.69, 9.17) is 0 Å². The standard InChI is InChI=1S/C15H32N2O/c1-4-10-17(12-14-7-8-14)11-6-9-15(3,13-18)16-5-2/h14,16,18H,4-13H2,1-3H3. The number of aliphatic hydroxyl groups excluding tert-OH is 1. The highest BCUT2D eigenvalue weighted by Crippen LogP contribution is 2.29. The summed E-state index contributed by atoms with van der Waals surface area (Å²) in [6, 6.07) is 0. The Hall–Kier alpha value is -0.120. The van der Waals surface area contributed by atoms with Gasteiger partial charge in [-0.1, -0.05) is 13.8 Å². The van der Waals surface area contributed by atoms with Crippen LogP contribution in [0.25, 0.3) is 0 Å². The van der Waals surface area contributed by atoms with Crippen LogP contribution >= 0.6 is 0 Å². The molecule has 1 atom stereocenters. The van der Waals surface area contributed by atoms with Gasteiger partial charge in [-0.2, -0.15) is 0 Å². The van der Waals surface area contributed by atoms with Crippen molar-refractivity contribution in [2.75, 3.05) is 32.8 Å². The number of rotatable bonds is 11. The first-order valence-corrected chi connectivity index (χ1v) is 7.71.